The average molecular weight is 262 g/mol. The van der Waals surface area contributed by atoms with E-state index in [1.807, 2.05) is 0 Å². The van der Waals surface area contributed by atoms with Crippen LogP contribution in [0.1, 0.15) is 12.1 Å². The molecule has 0 saturated heterocycles. The topological polar surface area (TPSA) is 147 Å². The zero-order valence-electron chi connectivity index (χ0n) is 9.23. The Hall–Kier alpha value is -1.68. The second-order valence-corrected chi connectivity index (χ2v) is 5.15. The van der Waals surface area contributed by atoms with Crippen molar-refractivity contribution < 1.29 is 13.0 Å². The number of rotatable bonds is 7. The van der Waals surface area contributed by atoms with Gasteiger partial charge in [-0.3, -0.25) is 5.41 Å². The van der Waals surface area contributed by atoms with Gasteiger partial charge in [-0.2, -0.15) is 0 Å². The summed E-state index contributed by atoms with van der Waals surface area (Å²) in [6, 6.07) is 0. The van der Waals surface area contributed by atoms with Crippen molar-refractivity contribution in [3.05, 3.63) is 5.69 Å². The van der Waals surface area contributed by atoms with E-state index in [2.05, 4.69) is 25.0 Å². The Labute approximate surface area is 98.3 Å². The number of anilines is 1. The van der Waals surface area contributed by atoms with E-state index in [-0.39, 0.29) is 17.3 Å². The molecule has 0 unspecified atom stereocenters. The van der Waals surface area contributed by atoms with E-state index < -0.39 is 10.0 Å². The van der Waals surface area contributed by atoms with Crippen molar-refractivity contribution in [1.29, 1.82) is 5.41 Å². The molecule has 0 fully saturated rings. The molecule has 9 nitrogen and oxygen atoms in total. The number of amidine groups is 1. The van der Waals surface area contributed by atoms with Gasteiger partial charge < -0.3 is 11.1 Å². The highest BCUT2D eigenvalue weighted by atomic mass is 32.2. The molecule has 1 aromatic heterocycles. The van der Waals surface area contributed by atoms with Gasteiger partial charge in [0, 0.05) is 13.1 Å². The summed E-state index contributed by atoms with van der Waals surface area (Å²) in [6.07, 6.45) is 1.65. The molecular weight excluding hydrogens is 248 g/mol. The molecule has 17 heavy (non-hydrogen) atoms. The van der Waals surface area contributed by atoms with E-state index >= 15 is 0 Å². The van der Waals surface area contributed by atoms with Crippen LogP contribution in [0.25, 0.3) is 0 Å². The molecule has 0 aliphatic carbocycles. The Morgan fingerprint density at radius 1 is 1.47 bits per heavy atom. The normalized spacial score (nSPS) is 11.4. The fraction of sp³-hybridized carbons (Fsp3) is 0.571. The number of hydrogen-bond donors (Lipinski definition) is 4. The minimum Gasteiger partial charge on any atom is -0.382 e. The average Bonchev–Trinajstić information content (AvgIpc) is 2.63. The van der Waals surface area contributed by atoms with E-state index in [1.165, 1.54) is 0 Å². The Balaban J connectivity index is 2.32. The minimum atomic E-state index is -3.16. The summed E-state index contributed by atoms with van der Waals surface area (Å²) in [7, 11) is -3.16. The van der Waals surface area contributed by atoms with Gasteiger partial charge in [0.25, 0.3) is 0 Å². The number of aromatic nitrogens is 2. The molecule has 1 aromatic rings. The number of nitrogens with one attached hydrogen (secondary N) is 3. The smallest absolute Gasteiger partial charge is 0.208 e. The fourth-order valence-electron chi connectivity index (χ4n) is 1.03. The van der Waals surface area contributed by atoms with Crippen LogP contribution in [0.3, 0.4) is 0 Å². The van der Waals surface area contributed by atoms with Gasteiger partial charge >= 0.3 is 0 Å². The van der Waals surface area contributed by atoms with Crippen LogP contribution in [0.2, 0.25) is 0 Å². The molecule has 0 saturated carbocycles. The van der Waals surface area contributed by atoms with Gasteiger partial charge in [-0.1, -0.05) is 0 Å². The molecule has 0 spiro atoms. The van der Waals surface area contributed by atoms with Gasteiger partial charge in [0.1, 0.15) is 5.84 Å². The second kappa shape index (κ2) is 5.59. The summed E-state index contributed by atoms with van der Waals surface area (Å²) in [5, 5.41) is 17.0. The summed E-state index contributed by atoms with van der Waals surface area (Å²) < 4.78 is 28.3. The Bertz CT molecular complexity index is 482. The van der Waals surface area contributed by atoms with Crippen LogP contribution >= 0.6 is 0 Å². The summed E-state index contributed by atoms with van der Waals surface area (Å²) in [4.78, 5) is 0. The summed E-state index contributed by atoms with van der Waals surface area (Å²) in [6.45, 7) is 0.767. The van der Waals surface area contributed by atoms with E-state index in [1.54, 1.807) is 0 Å². The highest BCUT2D eigenvalue weighted by Gasteiger charge is 2.11. The summed E-state index contributed by atoms with van der Waals surface area (Å²) in [5.41, 5.74) is 5.38. The molecule has 5 N–H and O–H groups in total. The maximum Gasteiger partial charge on any atom is 0.208 e. The summed E-state index contributed by atoms with van der Waals surface area (Å²) in [5.74, 6) is 0.0277. The van der Waals surface area contributed by atoms with Crippen molar-refractivity contribution in [3.8, 4) is 0 Å². The van der Waals surface area contributed by atoms with Crippen molar-refractivity contribution in [2.75, 3.05) is 24.7 Å². The SMILES string of the molecule is CS(=O)(=O)NCCCNc1nonc1C(=N)N. The van der Waals surface area contributed by atoms with Crippen molar-refractivity contribution in [2.24, 2.45) is 5.73 Å². The zero-order valence-corrected chi connectivity index (χ0v) is 10.0. The van der Waals surface area contributed by atoms with Crippen LogP contribution in [0.5, 0.6) is 0 Å². The first-order chi connectivity index (χ1) is 7.90. The van der Waals surface area contributed by atoms with Crippen molar-refractivity contribution >= 4 is 21.7 Å². The van der Waals surface area contributed by atoms with Crippen molar-refractivity contribution in [1.82, 2.24) is 15.0 Å². The monoisotopic (exact) mass is 262 g/mol. The third kappa shape index (κ3) is 4.78. The molecule has 0 aromatic carbocycles. The van der Waals surface area contributed by atoms with Crippen molar-refractivity contribution in [2.45, 2.75) is 6.42 Å². The predicted molar refractivity (Wildman–Crippen MR) is 61.3 cm³/mol. The molecule has 96 valence electrons. The lowest BCUT2D eigenvalue weighted by Crippen LogP contribution is -2.24. The van der Waals surface area contributed by atoms with Crippen LogP contribution in [0.15, 0.2) is 4.63 Å². The third-order valence-corrected chi connectivity index (χ3v) is 2.48. The van der Waals surface area contributed by atoms with Crippen LogP contribution in [-0.2, 0) is 10.0 Å². The van der Waals surface area contributed by atoms with Gasteiger partial charge in [-0.15, -0.1) is 0 Å². The third-order valence-electron chi connectivity index (χ3n) is 1.75. The molecule has 10 heteroatoms. The molecule has 0 bridgehead atoms. The van der Waals surface area contributed by atoms with Gasteiger partial charge in [0.05, 0.1) is 6.26 Å². The lowest BCUT2D eigenvalue weighted by molar-refractivity contribution is 0.307. The van der Waals surface area contributed by atoms with E-state index in [0.29, 0.717) is 19.5 Å². The first-order valence-corrected chi connectivity index (χ1v) is 6.65. The molecule has 0 radical (unpaired) electrons. The molecule has 1 heterocycles. The molecule has 0 aliphatic heterocycles. The minimum absolute atomic E-state index is 0.140. The molecule has 0 atom stereocenters. The van der Waals surface area contributed by atoms with Crippen LogP contribution in [0.4, 0.5) is 5.82 Å². The Kier molecular flexibility index (Phi) is 4.40. The molecule has 1 rings (SSSR count). The molecular formula is C7H14N6O3S. The molecule has 0 aliphatic rings. The quantitative estimate of drug-likeness (QED) is 0.271. The number of nitrogens with zero attached hydrogens (tertiary/aromatic N) is 2. The first-order valence-electron chi connectivity index (χ1n) is 4.75. The first kappa shape index (κ1) is 13.4. The standard InChI is InChI=1S/C7H14N6O3S/c1-17(14,15)11-4-2-3-10-7-5(6(8)9)12-16-13-7/h11H,2-4H2,1H3,(H3,8,9)(H,10,13). The Morgan fingerprint density at radius 3 is 2.76 bits per heavy atom. The Morgan fingerprint density at radius 2 is 2.18 bits per heavy atom. The lowest BCUT2D eigenvalue weighted by atomic mass is 10.3. The van der Waals surface area contributed by atoms with Crippen LogP contribution in [-0.4, -0.2) is 43.9 Å². The van der Waals surface area contributed by atoms with E-state index in [9.17, 15) is 8.42 Å². The van der Waals surface area contributed by atoms with Gasteiger partial charge in [-0.05, 0) is 16.7 Å². The molecule has 0 amide bonds. The van der Waals surface area contributed by atoms with Gasteiger partial charge in [0.2, 0.25) is 15.8 Å². The second-order valence-electron chi connectivity index (χ2n) is 3.32. The van der Waals surface area contributed by atoms with E-state index in [4.69, 9.17) is 11.1 Å². The maximum absolute atomic E-state index is 10.8. The summed E-state index contributed by atoms with van der Waals surface area (Å²) >= 11 is 0. The number of hydrogen-bond acceptors (Lipinski definition) is 7. The highest BCUT2D eigenvalue weighted by molar-refractivity contribution is 7.88. The number of nitrogens with two attached hydrogens (primary N) is 1. The maximum atomic E-state index is 10.8. The largest absolute Gasteiger partial charge is 0.382 e. The fourth-order valence-corrected chi connectivity index (χ4v) is 1.55. The highest BCUT2D eigenvalue weighted by Crippen LogP contribution is 2.07. The van der Waals surface area contributed by atoms with Gasteiger partial charge in [-0.25, -0.2) is 17.8 Å². The lowest BCUT2D eigenvalue weighted by Gasteiger charge is -2.03. The van der Waals surface area contributed by atoms with Gasteiger partial charge in [0.15, 0.2) is 5.69 Å². The van der Waals surface area contributed by atoms with E-state index in [0.717, 1.165) is 6.26 Å². The number of sulfonamides is 1. The van der Waals surface area contributed by atoms with Crippen LogP contribution < -0.4 is 15.8 Å². The predicted octanol–water partition coefficient (Wildman–Crippen LogP) is -1.30. The van der Waals surface area contributed by atoms with Crippen LogP contribution in [0, 0.1) is 5.41 Å². The number of nitrogen functional groups attached to an aromatic ring is 1. The van der Waals surface area contributed by atoms with Crippen molar-refractivity contribution in [3.63, 3.8) is 0 Å². The zero-order chi connectivity index (χ0) is 12.9.